The molecule has 1 fully saturated rings. The van der Waals surface area contributed by atoms with Crippen LogP contribution in [0.4, 0.5) is 10.5 Å². The molecule has 1 aromatic heterocycles. The van der Waals surface area contributed by atoms with Crippen molar-refractivity contribution in [3.8, 4) is 11.1 Å². The van der Waals surface area contributed by atoms with Crippen molar-refractivity contribution in [2.45, 2.75) is 77.0 Å². The first kappa shape index (κ1) is 23.6. The molecular formula is C24H31N3O5S. The van der Waals surface area contributed by atoms with Crippen molar-refractivity contribution in [3.63, 3.8) is 0 Å². The Morgan fingerprint density at radius 3 is 2.45 bits per heavy atom. The highest BCUT2D eigenvalue weighted by molar-refractivity contribution is 7.84. The normalized spacial score (nSPS) is 22.5. The molecule has 0 radical (unpaired) electrons. The lowest BCUT2D eigenvalue weighted by Crippen LogP contribution is -2.59. The minimum Gasteiger partial charge on any atom is -0.464 e. The van der Waals surface area contributed by atoms with E-state index in [0.29, 0.717) is 22.7 Å². The Balaban J connectivity index is 1.98. The summed E-state index contributed by atoms with van der Waals surface area (Å²) >= 11 is 0. The van der Waals surface area contributed by atoms with Gasteiger partial charge in [-0.25, -0.2) is 18.6 Å². The fraction of sp³-hybridized carbons (Fsp3) is 0.542. The number of fused-ring (bicyclic) bond motifs is 1. The minimum absolute atomic E-state index is 0.173. The summed E-state index contributed by atoms with van der Waals surface area (Å²) in [5, 5.41) is 14.0. The molecule has 33 heavy (non-hydrogen) atoms. The van der Waals surface area contributed by atoms with E-state index in [0.717, 1.165) is 48.1 Å². The third-order valence-corrected chi connectivity index (χ3v) is 8.36. The molecular weight excluding hydrogens is 442 g/mol. The van der Waals surface area contributed by atoms with Crippen molar-refractivity contribution in [2.24, 2.45) is 5.92 Å². The largest absolute Gasteiger partial charge is 0.464 e. The zero-order valence-electron chi connectivity index (χ0n) is 19.7. The molecule has 1 aliphatic carbocycles. The van der Waals surface area contributed by atoms with Crippen LogP contribution in [-0.2, 0) is 21.3 Å². The highest BCUT2D eigenvalue weighted by atomic mass is 32.2. The van der Waals surface area contributed by atoms with Gasteiger partial charge in [0.05, 0.1) is 27.1 Å². The summed E-state index contributed by atoms with van der Waals surface area (Å²) in [6.45, 7) is 9.16. The van der Waals surface area contributed by atoms with Crippen molar-refractivity contribution in [3.05, 3.63) is 35.2 Å². The monoisotopic (exact) mass is 473 g/mol. The maximum atomic E-state index is 13.9. The first-order valence-electron chi connectivity index (χ1n) is 11.3. The number of rotatable bonds is 4. The number of hydrogen-bond acceptors (Lipinski definition) is 5. The van der Waals surface area contributed by atoms with Crippen molar-refractivity contribution >= 4 is 28.7 Å². The Bertz CT molecular complexity index is 1110. The van der Waals surface area contributed by atoms with Crippen molar-refractivity contribution < 1.29 is 23.4 Å². The molecule has 2 unspecified atom stereocenters. The zero-order chi connectivity index (χ0) is 24.1. The topological polar surface area (TPSA) is 113 Å². The van der Waals surface area contributed by atoms with Gasteiger partial charge in [-0.1, -0.05) is 30.5 Å². The smallest absolute Gasteiger partial charge is 0.418 e. The van der Waals surface area contributed by atoms with E-state index in [1.54, 1.807) is 12.1 Å². The Morgan fingerprint density at radius 1 is 1.24 bits per heavy atom. The van der Waals surface area contributed by atoms with Gasteiger partial charge in [0.25, 0.3) is 5.91 Å². The molecule has 1 aromatic carbocycles. The Hall–Kier alpha value is -2.52. The molecule has 0 saturated heterocycles. The highest BCUT2D eigenvalue weighted by Gasteiger charge is 2.58. The van der Waals surface area contributed by atoms with E-state index in [9.17, 15) is 18.9 Å². The van der Waals surface area contributed by atoms with Crippen LogP contribution in [0.2, 0.25) is 0 Å². The lowest BCUT2D eigenvalue weighted by molar-refractivity contribution is -0.125. The third-order valence-electron chi connectivity index (χ3n) is 6.74. The molecule has 2 amide bonds. The summed E-state index contributed by atoms with van der Waals surface area (Å²) < 4.78 is 21.3. The molecule has 2 heterocycles. The van der Waals surface area contributed by atoms with Gasteiger partial charge in [-0.2, -0.15) is 0 Å². The number of nitrogens with zero attached hydrogens (tertiary/aromatic N) is 2. The van der Waals surface area contributed by atoms with Gasteiger partial charge in [0.1, 0.15) is 11.3 Å². The van der Waals surface area contributed by atoms with Gasteiger partial charge in [-0.3, -0.25) is 4.79 Å². The standard InChI is InChI=1S/C24H31N3O5S/c1-14-20(15(2)32-25-14)16-11-12-19-18(13-16)24(17-9-7-6-8-10-17,21(28)27(19)22(29)30)26-33(31)23(3,4)5/h11-13,17,26H,6-10H2,1-5H3,(H,29,30). The van der Waals surface area contributed by atoms with Crippen molar-refractivity contribution in [1.82, 2.24) is 9.88 Å². The van der Waals surface area contributed by atoms with Crippen LogP contribution < -0.4 is 9.62 Å². The van der Waals surface area contributed by atoms with Crippen molar-refractivity contribution in [2.75, 3.05) is 4.90 Å². The van der Waals surface area contributed by atoms with Crippen LogP contribution in [0.5, 0.6) is 0 Å². The van der Waals surface area contributed by atoms with E-state index >= 15 is 0 Å². The maximum Gasteiger partial charge on any atom is 0.418 e. The Labute approximate surface area is 196 Å². The summed E-state index contributed by atoms with van der Waals surface area (Å²) in [6.07, 6.45) is 3.11. The number of carbonyl (C=O) groups excluding carboxylic acids is 1. The number of imide groups is 1. The van der Waals surface area contributed by atoms with Gasteiger partial charge in [-0.15, -0.1) is 0 Å². The Kier molecular flexibility index (Phi) is 5.99. The number of aromatic nitrogens is 1. The van der Waals surface area contributed by atoms with Crippen LogP contribution in [-0.4, -0.2) is 31.2 Å². The molecule has 0 bridgehead atoms. The van der Waals surface area contributed by atoms with Crippen LogP contribution in [0.3, 0.4) is 0 Å². The number of benzene rings is 1. The van der Waals surface area contributed by atoms with Gasteiger partial charge < -0.3 is 9.63 Å². The molecule has 1 aliphatic heterocycles. The molecule has 178 valence electrons. The number of aryl methyl sites for hydroxylation is 2. The molecule has 0 spiro atoms. The molecule has 4 rings (SSSR count). The van der Waals surface area contributed by atoms with Gasteiger partial charge in [0.15, 0.2) is 0 Å². The second-order valence-electron chi connectivity index (χ2n) is 9.98. The average Bonchev–Trinajstić information content (AvgIpc) is 3.21. The summed E-state index contributed by atoms with van der Waals surface area (Å²) in [4.78, 5) is 27.0. The summed E-state index contributed by atoms with van der Waals surface area (Å²) in [7, 11) is -1.60. The average molecular weight is 474 g/mol. The number of anilines is 1. The first-order valence-corrected chi connectivity index (χ1v) is 12.5. The number of carboxylic acid groups (broad SMARTS) is 1. The van der Waals surface area contributed by atoms with Crippen LogP contribution in [0, 0.1) is 19.8 Å². The molecule has 9 heteroatoms. The predicted octanol–water partition coefficient (Wildman–Crippen LogP) is 4.81. The first-order chi connectivity index (χ1) is 15.5. The lowest BCUT2D eigenvalue weighted by Gasteiger charge is -2.40. The van der Waals surface area contributed by atoms with Gasteiger partial charge in [-0.05, 0) is 71.1 Å². The summed E-state index contributed by atoms with van der Waals surface area (Å²) in [6, 6.07) is 5.30. The molecule has 8 nitrogen and oxygen atoms in total. The SMILES string of the molecule is Cc1noc(C)c1-c1ccc2c(c1)C(NS(=O)C(C)(C)C)(C1CCCCC1)C(=O)N2C(=O)O. The number of carbonyl (C=O) groups is 2. The van der Waals surface area contributed by atoms with Crippen LogP contribution in [0.1, 0.15) is 69.9 Å². The summed E-state index contributed by atoms with van der Waals surface area (Å²) in [5.74, 6) is -0.111. The molecule has 2 aliphatic rings. The predicted molar refractivity (Wildman–Crippen MR) is 126 cm³/mol. The minimum atomic E-state index is -1.60. The van der Waals surface area contributed by atoms with Crippen molar-refractivity contribution in [1.29, 1.82) is 0 Å². The molecule has 2 N–H and O–H groups in total. The fourth-order valence-corrected chi connectivity index (χ4v) is 6.06. The van der Waals surface area contributed by atoms with E-state index in [1.165, 1.54) is 0 Å². The molecule has 1 saturated carbocycles. The second-order valence-corrected chi connectivity index (χ2v) is 11.9. The van der Waals surface area contributed by atoms with E-state index in [1.807, 2.05) is 40.7 Å². The van der Waals surface area contributed by atoms with E-state index in [2.05, 4.69) is 9.88 Å². The second kappa shape index (κ2) is 8.36. The van der Waals surface area contributed by atoms with Crippen LogP contribution in [0.25, 0.3) is 11.1 Å². The highest BCUT2D eigenvalue weighted by Crippen LogP contribution is 2.51. The fourth-order valence-electron chi connectivity index (χ4n) is 5.10. The van der Waals surface area contributed by atoms with Gasteiger partial charge >= 0.3 is 6.09 Å². The number of amides is 2. The Morgan fingerprint density at radius 2 is 1.91 bits per heavy atom. The van der Waals surface area contributed by atoms with Gasteiger partial charge in [0.2, 0.25) is 0 Å². The third kappa shape index (κ3) is 3.81. The number of hydrogen-bond donors (Lipinski definition) is 2. The van der Waals surface area contributed by atoms with E-state index < -0.39 is 33.3 Å². The van der Waals surface area contributed by atoms with E-state index in [4.69, 9.17) is 4.52 Å². The molecule has 2 atom stereocenters. The van der Waals surface area contributed by atoms with Crippen LogP contribution >= 0.6 is 0 Å². The van der Waals surface area contributed by atoms with Gasteiger partial charge in [0, 0.05) is 11.1 Å². The van der Waals surface area contributed by atoms with Crippen LogP contribution in [0.15, 0.2) is 22.7 Å². The quantitative estimate of drug-likeness (QED) is 0.659. The lowest BCUT2D eigenvalue weighted by atomic mass is 9.71. The summed E-state index contributed by atoms with van der Waals surface area (Å²) in [5.41, 5.74) is 1.79. The zero-order valence-corrected chi connectivity index (χ0v) is 20.5. The van der Waals surface area contributed by atoms with E-state index in [-0.39, 0.29) is 5.92 Å². The maximum absolute atomic E-state index is 13.9. The molecule has 2 aromatic rings. The number of nitrogens with one attached hydrogen (secondary N) is 1.